The van der Waals surface area contributed by atoms with Crippen LogP contribution in [0.4, 0.5) is 5.69 Å². The van der Waals surface area contributed by atoms with Crippen LogP contribution in [0.15, 0.2) is 42.5 Å². The number of phenolic OH excluding ortho intramolecular Hbond substituents is 1. The summed E-state index contributed by atoms with van der Waals surface area (Å²) in [5.41, 5.74) is 3.49. The number of phenols is 1. The first kappa shape index (κ1) is 17.0. The minimum atomic E-state index is -0.470. The summed E-state index contributed by atoms with van der Waals surface area (Å²) in [5.74, 6) is 0.000652. The molecule has 1 aliphatic rings. The number of benzene rings is 2. The summed E-state index contributed by atoms with van der Waals surface area (Å²) in [4.78, 5) is 26.5. The Morgan fingerprint density at radius 3 is 2.60 bits per heavy atom. The second kappa shape index (κ2) is 6.97. The third-order valence-corrected chi connectivity index (χ3v) is 4.57. The fourth-order valence-corrected chi connectivity index (χ4v) is 3.05. The zero-order chi connectivity index (χ0) is 18.0. The summed E-state index contributed by atoms with van der Waals surface area (Å²) < 4.78 is 0. The Bertz CT molecular complexity index is 799. The molecule has 0 spiro atoms. The van der Waals surface area contributed by atoms with E-state index in [9.17, 15) is 14.7 Å². The van der Waals surface area contributed by atoms with Crippen molar-refractivity contribution in [1.29, 1.82) is 0 Å². The van der Waals surface area contributed by atoms with E-state index >= 15 is 0 Å². The molecule has 0 aliphatic carbocycles. The number of nitrogens with zero attached hydrogens (tertiary/aromatic N) is 1. The topological polar surface area (TPSA) is 69.6 Å². The molecule has 2 N–H and O–H groups in total. The van der Waals surface area contributed by atoms with E-state index in [4.69, 9.17) is 0 Å². The SMILES string of the molecule is Cc1ccc(CN2C(=O)CC[C@@H]2C(=O)Nc2ccc(O)c(C)c2)cc1. The van der Waals surface area contributed by atoms with Crippen LogP contribution in [-0.2, 0) is 16.1 Å². The molecule has 0 aromatic heterocycles. The van der Waals surface area contributed by atoms with Crippen LogP contribution in [0.1, 0.15) is 29.5 Å². The molecular formula is C20H22N2O3. The number of nitrogens with one attached hydrogen (secondary N) is 1. The Kier molecular flexibility index (Phi) is 4.74. The molecule has 2 amide bonds. The molecule has 5 nitrogen and oxygen atoms in total. The first-order valence-electron chi connectivity index (χ1n) is 8.39. The average molecular weight is 338 g/mol. The zero-order valence-electron chi connectivity index (χ0n) is 14.5. The van der Waals surface area contributed by atoms with Crippen molar-refractivity contribution in [2.75, 3.05) is 5.32 Å². The van der Waals surface area contributed by atoms with Crippen molar-refractivity contribution in [2.45, 2.75) is 39.3 Å². The fourth-order valence-electron chi connectivity index (χ4n) is 3.05. The van der Waals surface area contributed by atoms with Crippen molar-refractivity contribution in [3.05, 3.63) is 59.2 Å². The first-order valence-corrected chi connectivity index (χ1v) is 8.39. The highest BCUT2D eigenvalue weighted by molar-refractivity contribution is 5.99. The lowest BCUT2D eigenvalue weighted by molar-refractivity contribution is -0.133. The van der Waals surface area contributed by atoms with Crippen LogP contribution in [0, 0.1) is 13.8 Å². The highest BCUT2D eigenvalue weighted by Gasteiger charge is 2.35. The zero-order valence-corrected chi connectivity index (χ0v) is 14.5. The predicted molar refractivity (Wildman–Crippen MR) is 96.2 cm³/mol. The van der Waals surface area contributed by atoms with Gasteiger partial charge in [0.25, 0.3) is 0 Å². The van der Waals surface area contributed by atoms with E-state index in [0.717, 1.165) is 11.1 Å². The summed E-state index contributed by atoms with van der Waals surface area (Å²) in [6.07, 6.45) is 0.909. The van der Waals surface area contributed by atoms with Crippen molar-refractivity contribution in [1.82, 2.24) is 4.90 Å². The van der Waals surface area contributed by atoms with E-state index in [2.05, 4.69) is 5.32 Å². The molecular weight excluding hydrogens is 316 g/mol. The van der Waals surface area contributed by atoms with E-state index in [1.807, 2.05) is 31.2 Å². The van der Waals surface area contributed by atoms with Gasteiger partial charge in [0.2, 0.25) is 11.8 Å². The summed E-state index contributed by atoms with van der Waals surface area (Å²) in [7, 11) is 0. The number of amides is 2. The maximum atomic E-state index is 12.6. The second-order valence-electron chi connectivity index (χ2n) is 6.55. The fraction of sp³-hybridized carbons (Fsp3) is 0.300. The van der Waals surface area contributed by atoms with Crippen molar-refractivity contribution < 1.29 is 14.7 Å². The molecule has 3 rings (SSSR count). The molecule has 0 radical (unpaired) electrons. The molecule has 0 saturated carbocycles. The lowest BCUT2D eigenvalue weighted by Gasteiger charge is -2.24. The number of anilines is 1. The van der Waals surface area contributed by atoms with Crippen LogP contribution in [-0.4, -0.2) is 27.9 Å². The molecule has 130 valence electrons. The van der Waals surface area contributed by atoms with Gasteiger partial charge in [-0.25, -0.2) is 0 Å². The third kappa shape index (κ3) is 3.82. The van der Waals surface area contributed by atoms with Gasteiger partial charge in [-0.3, -0.25) is 9.59 Å². The molecule has 2 aromatic rings. The molecule has 5 heteroatoms. The predicted octanol–water partition coefficient (Wildman–Crippen LogP) is 3.14. The number of carbonyl (C=O) groups is 2. The van der Waals surface area contributed by atoms with Gasteiger partial charge < -0.3 is 15.3 Å². The van der Waals surface area contributed by atoms with Crippen LogP contribution in [0.5, 0.6) is 5.75 Å². The van der Waals surface area contributed by atoms with Crippen LogP contribution >= 0.6 is 0 Å². The summed E-state index contributed by atoms with van der Waals surface area (Å²) in [6, 6.07) is 12.4. The van der Waals surface area contributed by atoms with Crippen molar-refractivity contribution in [3.8, 4) is 5.75 Å². The van der Waals surface area contributed by atoms with Gasteiger partial charge in [-0.2, -0.15) is 0 Å². The van der Waals surface area contributed by atoms with Gasteiger partial charge in [0.15, 0.2) is 0 Å². The number of aryl methyl sites for hydroxylation is 2. The Hall–Kier alpha value is -2.82. The number of hydrogen-bond acceptors (Lipinski definition) is 3. The maximum absolute atomic E-state index is 12.6. The standard InChI is InChI=1S/C20H22N2O3/c1-13-3-5-15(6-4-13)12-22-17(8-10-19(22)24)20(25)21-16-7-9-18(23)14(2)11-16/h3-7,9,11,17,23H,8,10,12H2,1-2H3,(H,21,25)/t17-/m1/s1. The van der Waals surface area contributed by atoms with Crippen LogP contribution in [0.3, 0.4) is 0 Å². The Labute approximate surface area is 147 Å². The number of likely N-dealkylation sites (tertiary alicyclic amines) is 1. The van der Waals surface area contributed by atoms with Crippen LogP contribution in [0.25, 0.3) is 0 Å². The smallest absolute Gasteiger partial charge is 0.247 e. The van der Waals surface area contributed by atoms with E-state index in [1.54, 1.807) is 30.0 Å². The first-order chi connectivity index (χ1) is 11.9. The molecule has 25 heavy (non-hydrogen) atoms. The molecule has 1 heterocycles. The number of rotatable bonds is 4. The highest BCUT2D eigenvalue weighted by Crippen LogP contribution is 2.25. The lowest BCUT2D eigenvalue weighted by Crippen LogP contribution is -2.41. The third-order valence-electron chi connectivity index (χ3n) is 4.57. The largest absolute Gasteiger partial charge is 0.508 e. The normalized spacial score (nSPS) is 17.0. The monoisotopic (exact) mass is 338 g/mol. The van der Waals surface area contributed by atoms with Crippen molar-refractivity contribution in [2.24, 2.45) is 0 Å². The molecule has 2 aromatic carbocycles. The quantitative estimate of drug-likeness (QED) is 0.842. The van der Waals surface area contributed by atoms with Crippen molar-refractivity contribution >= 4 is 17.5 Å². The van der Waals surface area contributed by atoms with Gasteiger partial charge in [-0.05, 0) is 49.6 Å². The van der Waals surface area contributed by atoms with Gasteiger partial charge in [0.1, 0.15) is 11.8 Å². The number of carbonyl (C=O) groups excluding carboxylic acids is 2. The number of hydrogen-bond donors (Lipinski definition) is 2. The Balaban J connectivity index is 1.72. The summed E-state index contributed by atoms with van der Waals surface area (Å²) in [6.45, 7) is 4.22. The van der Waals surface area contributed by atoms with Gasteiger partial charge in [-0.1, -0.05) is 29.8 Å². The van der Waals surface area contributed by atoms with Gasteiger partial charge >= 0.3 is 0 Å². The van der Waals surface area contributed by atoms with Gasteiger partial charge in [0.05, 0.1) is 0 Å². The Morgan fingerprint density at radius 1 is 1.20 bits per heavy atom. The molecule has 1 saturated heterocycles. The van der Waals surface area contributed by atoms with Gasteiger partial charge in [0, 0.05) is 18.7 Å². The lowest BCUT2D eigenvalue weighted by atomic mass is 10.1. The molecule has 1 fully saturated rings. The summed E-state index contributed by atoms with van der Waals surface area (Å²) in [5, 5.41) is 12.4. The second-order valence-corrected chi connectivity index (χ2v) is 6.55. The van der Waals surface area contributed by atoms with Crippen molar-refractivity contribution in [3.63, 3.8) is 0 Å². The highest BCUT2D eigenvalue weighted by atomic mass is 16.3. The molecule has 1 atom stereocenters. The van der Waals surface area contributed by atoms with E-state index < -0.39 is 6.04 Å². The van der Waals surface area contributed by atoms with Gasteiger partial charge in [-0.15, -0.1) is 0 Å². The molecule has 0 unspecified atom stereocenters. The van der Waals surface area contributed by atoms with E-state index in [-0.39, 0.29) is 17.6 Å². The van der Waals surface area contributed by atoms with E-state index in [0.29, 0.717) is 30.6 Å². The minimum absolute atomic E-state index is 0.00242. The summed E-state index contributed by atoms with van der Waals surface area (Å²) >= 11 is 0. The maximum Gasteiger partial charge on any atom is 0.247 e. The van der Waals surface area contributed by atoms with E-state index in [1.165, 1.54) is 0 Å². The molecule has 1 aliphatic heterocycles. The minimum Gasteiger partial charge on any atom is -0.508 e. The van der Waals surface area contributed by atoms with Crippen LogP contribution in [0.2, 0.25) is 0 Å². The average Bonchev–Trinajstić information content (AvgIpc) is 2.94. The molecule has 0 bridgehead atoms. The number of aromatic hydroxyl groups is 1. The Morgan fingerprint density at radius 2 is 1.92 bits per heavy atom. The van der Waals surface area contributed by atoms with Crippen LogP contribution < -0.4 is 5.32 Å².